The minimum absolute atomic E-state index is 0.0241. The van der Waals surface area contributed by atoms with Gasteiger partial charge in [-0.05, 0) is 30.7 Å². The van der Waals surface area contributed by atoms with E-state index in [-0.39, 0.29) is 20.3 Å². The van der Waals surface area contributed by atoms with E-state index in [4.69, 9.17) is 10.4 Å². The number of nitrogens with zero attached hydrogens (tertiary/aromatic N) is 1. The zero-order valence-electron chi connectivity index (χ0n) is 10.8. The third-order valence-electron chi connectivity index (χ3n) is 2.65. The smallest absolute Gasteiger partial charge is 0.346 e. The van der Waals surface area contributed by atoms with Gasteiger partial charge in [0.05, 0.1) is 11.3 Å². The molecular formula is C13H10N2O4S2. The van der Waals surface area contributed by atoms with Crippen molar-refractivity contribution in [1.82, 2.24) is 0 Å². The lowest BCUT2D eigenvalue weighted by atomic mass is 10.2. The monoisotopic (exact) mass is 322 g/mol. The quantitative estimate of drug-likeness (QED) is 0.899. The van der Waals surface area contributed by atoms with Crippen LogP contribution in [-0.2, 0) is 10.0 Å². The summed E-state index contributed by atoms with van der Waals surface area (Å²) in [6, 6.07) is 9.35. The number of para-hydroxylation sites is 1. The van der Waals surface area contributed by atoms with Gasteiger partial charge in [-0.25, -0.2) is 13.2 Å². The Morgan fingerprint density at radius 2 is 2.05 bits per heavy atom. The van der Waals surface area contributed by atoms with Gasteiger partial charge in [-0.1, -0.05) is 12.1 Å². The molecule has 0 atom stereocenters. The predicted octanol–water partition coefficient (Wildman–Crippen LogP) is 2.43. The average Bonchev–Trinajstić information content (AvgIpc) is 2.82. The molecule has 2 aromatic rings. The van der Waals surface area contributed by atoms with Gasteiger partial charge in [-0.15, -0.1) is 11.3 Å². The van der Waals surface area contributed by atoms with Crippen LogP contribution in [0.1, 0.15) is 20.8 Å². The van der Waals surface area contributed by atoms with E-state index in [0.717, 1.165) is 0 Å². The number of nitriles is 1. The highest BCUT2D eigenvalue weighted by atomic mass is 32.2. The van der Waals surface area contributed by atoms with Crippen molar-refractivity contribution in [2.45, 2.75) is 11.1 Å². The van der Waals surface area contributed by atoms with Gasteiger partial charge in [-0.2, -0.15) is 5.26 Å². The van der Waals surface area contributed by atoms with Crippen molar-refractivity contribution < 1.29 is 18.3 Å². The number of thiophene rings is 1. The molecule has 0 aliphatic carbocycles. The van der Waals surface area contributed by atoms with Crippen LogP contribution in [0.15, 0.2) is 34.5 Å². The second-order valence-corrected chi connectivity index (χ2v) is 7.11. The molecule has 0 saturated heterocycles. The van der Waals surface area contributed by atoms with Gasteiger partial charge in [0.25, 0.3) is 10.0 Å². The molecule has 0 fully saturated rings. The van der Waals surface area contributed by atoms with Crippen LogP contribution in [0.5, 0.6) is 0 Å². The molecule has 0 aliphatic rings. The number of nitrogens with one attached hydrogen (secondary N) is 1. The Kier molecular flexibility index (Phi) is 3.97. The molecule has 0 unspecified atom stereocenters. The molecule has 6 nitrogen and oxygen atoms in total. The first kappa shape index (κ1) is 15.0. The average molecular weight is 322 g/mol. The standard InChI is InChI=1S/C13H10N2O4S2/c1-8-6-11(20-12(8)13(16)17)21(18,19)15-10-5-3-2-4-9(10)7-14/h2-6,15H,1H3,(H,16,17). The van der Waals surface area contributed by atoms with E-state index < -0.39 is 16.0 Å². The van der Waals surface area contributed by atoms with Gasteiger partial charge in [0.1, 0.15) is 15.2 Å². The van der Waals surface area contributed by atoms with Crippen molar-refractivity contribution in [2.24, 2.45) is 0 Å². The summed E-state index contributed by atoms with van der Waals surface area (Å²) in [4.78, 5) is 10.9. The number of benzene rings is 1. The largest absolute Gasteiger partial charge is 0.477 e. The number of hydrogen-bond acceptors (Lipinski definition) is 5. The third kappa shape index (κ3) is 3.04. The van der Waals surface area contributed by atoms with Crippen molar-refractivity contribution in [1.29, 1.82) is 5.26 Å². The third-order valence-corrected chi connectivity index (χ3v) is 5.71. The number of hydrogen-bond donors (Lipinski definition) is 2. The summed E-state index contributed by atoms with van der Waals surface area (Å²) >= 11 is 0.674. The Hall–Kier alpha value is -2.37. The maximum atomic E-state index is 12.3. The number of sulfonamides is 1. The number of carboxylic acids is 1. The Labute approximate surface area is 125 Å². The van der Waals surface area contributed by atoms with E-state index in [1.807, 2.05) is 6.07 Å². The molecule has 1 aromatic carbocycles. The summed E-state index contributed by atoms with van der Waals surface area (Å²) in [5, 5.41) is 17.9. The maximum Gasteiger partial charge on any atom is 0.346 e. The highest BCUT2D eigenvalue weighted by molar-refractivity contribution is 7.94. The summed E-state index contributed by atoms with van der Waals surface area (Å²) in [5.74, 6) is -1.17. The Morgan fingerprint density at radius 1 is 1.38 bits per heavy atom. The van der Waals surface area contributed by atoms with Crippen LogP contribution in [0.3, 0.4) is 0 Å². The first-order valence-electron chi connectivity index (χ1n) is 5.71. The van der Waals surface area contributed by atoms with Crippen LogP contribution in [0, 0.1) is 18.3 Å². The summed E-state index contributed by atoms with van der Waals surface area (Å²) in [5.41, 5.74) is 0.720. The van der Waals surface area contributed by atoms with Crippen LogP contribution >= 0.6 is 11.3 Å². The fourth-order valence-corrected chi connectivity index (χ4v) is 4.12. The second-order valence-electron chi connectivity index (χ2n) is 4.15. The Balaban J connectivity index is 2.42. The lowest BCUT2D eigenvalue weighted by Gasteiger charge is -2.07. The van der Waals surface area contributed by atoms with Crippen LogP contribution in [0.2, 0.25) is 0 Å². The van der Waals surface area contributed by atoms with Crippen LogP contribution in [0.4, 0.5) is 5.69 Å². The molecule has 21 heavy (non-hydrogen) atoms. The normalized spacial score (nSPS) is 10.9. The Bertz CT molecular complexity index is 847. The fraction of sp³-hybridized carbons (Fsp3) is 0.0769. The van der Waals surface area contributed by atoms with Crippen molar-refractivity contribution in [3.63, 3.8) is 0 Å². The molecule has 2 rings (SSSR count). The summed E-state index contributed by atoms with van der Waals surface area (Å²) in [7, 11) is -3.93. The van der Waals surface area contributed by atoms with Crippen molar-refractivity contribution in [2.75, 3.05) is 4.72 Å². The molecule has 1 heterocycles. The van der Waals surface area contributed by atoms with E-state index in [2.05, 4.69) is 4.72 Å². The predicted molar refractivity (Wildman–Crippen MR) is 78.0 cm³/mol. The molecular weight excluding hydrogens is 312 g/mol. The number of anilines is 1. The van der Waals surface area contributed by atoms with Gasteiger partial charge in [0.2, 0.25) is 0 Å². The molecule has 0 spiro atoms. The van der Waals surface area contributed by atoms with Gasteiger partial charge >= 0.3 is 5.97 Å². The number of aryl methyl sites for hydroxylation is 1. The zero-order chi connectivity index (χ0) is 15.6. The lowest BCUT2D eigenvalue weighted by Crippen LogP contribution is -2.12. The van der Waals surface area contributed by atoms with E-state index >= 15 is 0 Å². The highest BCUT2D eigenvalue weighted by Gasteiger charge is 2.22. The molecule has 0 aliphatic heterocycles. The summed E-state index contributed by atoms with van der Waals surface area (Å²) < 4.78 is 26.7. The van der Waals surface area contributed by atoms with Gasteiger partial charge in [-0.3, -0.25) is 4.72 Å². The lowest BCUT2D eigenvalue weighted by molar-refractivity contribution is 0.0701. The van der Waals surface area contributed by atoms with Crippen molar-refractivity contribution in [3.05, 3.63) is 46.3 Å². The number of carbonyl (C=O) groups is 1. The maximum absolute atomic E-state index is 12.3. The van der Waals surface area contributed by atoms with Crippen LogP contribution < -0.4 is 4.72 Å². The molecule has 8 heteroatoms. The second kappa shape index (κ2) is 5.55. The van der Waals surface area contributed by atoms with Crippen LogP contribution in [-0.4, -0.2) is 19.5 Å². The fourth-order valence-electron chi connectivity index (χ4n) is 1.66. The summed E-state index contributed by atoms with van der Waals surface area (Å²) in [6.07, 6.45) is 0. The first-order chi connectivity index (χ1) is 9.85. The minimum Gasteiger partial charge on any atom is -0.477 e. The molecule has 108 valence electrons. The first-order valence-corrected chi connectivity index (χ1v) is 8.01. The number of carboxylic acid groups (broad SMARTS) is 1. The summed E-state index contributed by atoms with van der Waals surface area (Å²) in [6.45, 7) is 1.53. The van der Waals surface area contributed by atoms with Gasteiger partial charge in [0.15, 0.2) is 0 Å². The molecule has 0 saturated carbocycles. The van der Waals surface area contributed by atoms with Gasteiger partial charge < -0.3 is 5.11 Å². The number of rotatable bonds is 4. The van der Waals surface area contributed by atoms with Crippen molar-refractivity contribution >= 4 is 33.0 Å². The van der Waals surface area contributed by atoms with Crippen LogP contribution in [0.25, 0.3) is 0 Å². The zero-order valence-corrected chi connectivity index (χ0v) is 12.5. The molecule has 2 N–H and O–H groups in total. The molecule has 0 amide bonds. The minimum atomic E-state index is -3.93. The molecule has 1 aromatic heterocycles. The Morgan fingerprint density at radius 3 is 2.62 bits per heavy atom. The van der Waals surface area contributed by atoms with E-state index in [1.165, 1.54) is 25.1 Å². The van der Waals surface area contributed by atoms with E-state index in [9.17, 15) is 13.2 Å². The van der Waals surface area contributed by atoms with Gasteiger partial charge in [0, 0.05) is 0 Å². The molecule has 0 radical (unpaired) electrons. The SMILES string of the molecule is Cc1cc(S(=O)(=O)Nc2ccccc2C#N)sc1C(=O)O. The van der Waals surface area contributed by atoms with E-state index in [1.54, 1.807) is 12.1 Å². The molecule has 0 bridgehead atoms. The number of aromatic carboxylic acids is 1. The highest BCUT2D eigenvalue weighted by Crippen LogP contribution is 2.28. The van der Waals surface area contributed by atoms with Crippen molar-refractivity contribution in [3.8, 4) is 6.07 Å². The van der Waals surface area contributed by atoms with E-state index in [0.29, 0.717) is 16.9 Å². The topological polar surface area (TPSA) is 107 Å².